The van der Waals surface area contributed by atoms with E-state index in [0.717, 1.165) is 38.4 Å². The van der Waals surface area contributed by atoms with Gasteiger partial charge < -0.3 is 34.3 Å². The van der Waals surface area contributed by atoms with Gasteiger partial charge >= 0.3 is 27.1 Å². The van der Waals surface area contributed by atoms with Gasteiger partial charge in [-0.25, -0.2) is 0 Å². The van der Waals surface area contributed by atoms with Gasteiger partial charge in [0.1, 0.15) is 12.2 Å². The number of para-hydroxylation sites is 1. The van der Waals surface area contributed by atoms with Crippen molar-refractivity contribution < 1.29 is 57.3 Å². The van der Waals surface area contributed by atoms with E-state index in [9.17, 15) is 0 Å². The minimum absolute atomic E-state index is 0. The monoisotopic (exact) mass is 486 g/mol. The van der Waals surface area contributed by atoms with Crippen molar-refractivity contribution in [2.24, 2.45) is 0 Å². The van der Waals surface area contributed by atoms with E-state index in [0.29, 0.717) is 18.1 Å². The summed E-state index contributed by atoms with van der Waals surface area (Å²) in [5.74, 6) is 1.00. The van der Waals surface area contributed by atoms with Gasteiger partial charge in [-0.3, -0.25) is 4.90 Å². The first-order chi connectivity index (χ1) is 12.3. The molecule has 0 spiro atoms. The molecular formula is C18H30Cl2N3O2SZn-. The number of hydrogen-bond acceptors (Lipinski definition) is 3. The van der Waals surface area contributed by atoms with Gasteiger partial charge in [-0.2, -0.15) is 0 Å². The fourth-order valence-corrected chi connectivity index (χ4v) is 3.78. The zero-order valence-corrected chi connectivity index (χ0v) is 21.6. The molecule has 152 valence electrons. The van der Waals surface area contributed by atoms with Gasteiger partial charge in [0.2, 0.25) is 6.23 Å². The second-order valence-electron chi connectivity index (χ2n) is 5.94. The number of hydrogen-bond donors (Lipinski definition) is 1. The van der Waals surface area contributed by atoms with E-state index in [4.69, 9.17) is 15.0 Å². The first-order valence-electron chi connectivity index (χ1n) is 9.12. The third-order valence-electron chi connectivity index (χ3n) is 3.97. The van der Waals surface area contributed by atoms with Crippen LogP contribution in [0.5, 0.6) is 0 Å². The maximum atomic E-state index is 7.25. The number of ether oxygens (including phenoxy) is 2. The third kappa shape index (κ3) is 12.4. The van der Waals surface area contributed by atoms with Crippen LogP contribution in [0, 0.1) is 0 Å². The van der Waals surface area contributed by atoms with Crippen LogP contribution in [0.25, 0.3) is 5.53 Å². The molecule has 3 unspecified atom stereocenters. The predicted molar refractivity (Wildman–Crippen MR) is 99.2 cm³/mol. The maximum absolute atomic E-state index is 7.25. The molecule has 1 aliphatic rings. The van der Waals surface area contributed by atoms with Crippen LogP contribution >= 0.6 is 11.8 Å². The molecule has 1 saturated heterocycles. The quantitative estimate of drug-likeness (QED) is 0.175. The molecule has 3 atom stereocenters. The van der Waals surface area contributed by atoms with Gasteiger partial charge in [0, 0.05) is 6.61 Å². The van der Waals surface area contributed by atoms with Gasteiger partial charge in [-0.15, -0.1) is 11.8 Å². The molecule has 1 aromatic carbocycles. The van der Waals surface area contributed by atoms with Crippen LogP contribution in [-0.2, 0) is 27.6 Å². The topological polar surface area (TPSA) is 59.3 Å². The SMILES string of the molecule is CCCCOC1C[NH+](c2ccccc2)C(OCCCC)CS1.[Cl-].[Cl-].[N-]=[N+]=[Zn]. The van der Waals surface area contributed by atoms with Crippen LogP contribution < -0.4 is 33.2 Å². The van der Waals surface area contributed by atoms with E-state index in [1.807, 2.05) is 11.8 Å². The second-order valence-corrected chi connectivity index (χ2v) is 7.72. The van der Waals surface area contributed by atoms with Gasteiger partial charge in [0.25, 0.3) is 0 Å². The Kier molecular flexibility index (Phi) is 21.2. The number of benzene rings is 1. The number of nitrogens with zero attached hydrogens (tertiary/aromatic N) is 2. The number of unbranched alkanes of at least 4 members (excludes halogenated alkanes) is 2. The summed E-state index contributed by atoms with van der Waals surface area (Å²) in [5.41, 5.74) is 8.85. The van der Waals surface area contributed by atoms with Crippen molar-refractivity contribution in [2.75, 3.05) is 25.5 Å². The molecule has 1 N–H and O–H groups in total. The van der Waals surface area contributed by atoms with E-state index < -0.39 is 0 Å². The average Bonchev–Trinajstić information content (AvgIpc) is 2.64. The molecule has 2 rings (SSSR count). The number of rotatable bonds is 9. The molecule has 9 heteroatoms. The van der Waals surface area contributed by atoms with Crippen LogP contribution in [-0.4, -0.2) is 37.2 Å². The molecule has 0 radical (unpaired) electrons. The van der Waals surface area contributed by atoms with Gasteiger partial charge in [-0.05, 0) is 25.0 Å². The van der Waals surface area contributed by atoms with Crippen molar-refractivity contribution in [3.8, 4) is 0 Å². The summed E-state index contributed by atoms with van der Waals surface area (Å²) < 4.78 is 14.8. The Hall–Kier alpha value is 0.163. The Bertz CT molecular complexity index is 497. The van der Waals surface area contributed by atoms with Gasteiger partial charge in [-0.1, -0.05) is 44.9 Å². The zero-order chi connectivity index (χ0) is 18.3. The molecule has 1 aliphatic heterocycles. The first kappa shape index (κ1) is 29.4. The summed E-state index contributed by atoms with van der Waals surface area (Å²) in [4.78, 5) is 1.41. The van der Waals surface area contributed by atoms with Crippen LogP contribution in [0.1, 0.15) is 39.5 Å². The second kappa shape index (κ2) is 19.5. The van der Waals surface area contributed by atoms with E-state index in [-0.39, 0.29) is 36.5 Å². The van der Waals surface area contributed by atoms with Crippen LogP contribution in [0.4, 0.5) is 5.69 Å². The molecule has 0 saturated carbocycles. The summed E-state index contributed by atoms with van der Waals surface area (Å²) >= 11 is 2.54. The van der Waals surface area contributed by atoms with E-state index in [1.165, 1.54) is 23.4 Å². The number of quaternary nitrogens is 1. The van der Waals surface area contributed by atoms with Crippen LogP contribution in [0.3, 0.4) is 0 Å². The summed E-state index contributed by atoms with van der Waals surface area (Å²) in [6, 6.07) is 10.7. The fourth-order valence-electron chi connectivity index (χ4n) is 2.61. The molecule has 1 heterocycles. The molecule has 0 bridgehead atoms. The van der Waals surface area contributed by atoms with Crippen molar-refractivity contribution in [3.05, 3.63) is 35.9 Å². The normalized spacial score (nSPS) is 21.0. The summed E-state index contributed by atoms with van der Waals surface area (Å²) in [6.45, 7) is 7.13. The van der Waals surface area contributed by atoms with E-state index in [1.54, 1.807) is 0 Å². The molecule has 1 fully saturated rings. The molecule has 27 heavy (non-hydrogen) atoms. The van der Waals surface area contributed by atoms with E-state index >= 15 is 0 Å². The van der Waals surface area contributed by atoms with Crippen molar-refractivity contribution in [1.82, 2.24) is 3.48 Å². The van der Waals surface area contributed by atoms with Crippen molar-refractivity contribution in [3.63, 3.8) is 0 Å². The van der Waals surface area contributed by atoms with Crippen molar-refractivity contribution in [2.45, 2.75) is 51.2 Å². The van der Waals surface area contributed by atoms with Crippen molar-refractivity contribution >= 4 is 17.4 Å². The Morgan fingerprint density at radius 1 is 1.11 bits per heavy atom. The molecule has 0 amide bonds. The summed E-state index contributed by atoms with van der Waals surface area (Å²) in [7, 11) is 0. The molecule has 5 nitrogen and oxygen atoms in total. The standard InChI is InChI=1S/C18H29NO2S.2ClH.N2.Zn/c1-3-5-12-20-17-15-22-18(21-13-6-4-2)14-19(17)16-10-8-7-9-11-16;;;1-2;/h7-11,17-18H,3-6,12-15H2,1-2H3;2*1H;;/p-1. The summed E-state index contributed by atoms with van der Waals surface area (Å²) in [6.07, 6.45) is 4.90. The molecule has 0 aliphatic carbocycles. The molecule has 0 aromatic heterocycles. The Balaban J connectivity index is 0. The minimum atomic E-state index is 0. The third-order valence-corrected chi connectivity index (χ3v) is 5.14. The fraction of sp³-hybridized carbons (Fsp3) is 0.667. The van der Waals surface area contributed by atoms with E-state index in [2.05, 4.69) is 47.7 Å². The van der Waals surface area contributed by atoms with Crippen molar-refractivity contribution in [1.29, 1.82) is 0 Å². The average molecular weight is 489 g/mol. The Morgan fingerprint density at radius 3 is 2.22 bits per heavy atom. The van der Waals surface area contributed by atoms with Crippen LogP contribution in [0.2, 0.25) is 0 Å². The van der Waals surface area contributed by atoms with Gasteiger partial charge in [0.15, 0.2) is 5.44 Å². The Labute approximate surface area is 190 Å². The zero-order valence-electron chi connectivity index (χ0n) is 16.3. The van der Waals surface area contributed by atoms with Gasteiger partial charge in [0.05, 0.1) is 12.4 Å². The summed E-state index contributed by atoms with van der Waals surface area (Å²) in [5, 5.41) is 0. The number of nitrogens with one attached hydrogen (secondary N) is 1. The number of halogens is 2. The molecule has 1 aromatic rings. The van der Waals surface area contributed by atoms with Crippen LogP contribution in [0.15, 0.2) is 30.3 Å². The predicted octanol–water partition coefficient (Wildman–Crippen LogP) is -2.95. The Morgan fingerprint density at radius 2 is 1.67 bits per heavy atom. The number of thioether (sulfide) groups is 1. The first-order valence-corrected chi connectivity index (χ1v) is 11.5. The molecular weight excluding hydrogens is 459 g/mol.